The monoisotopic (exact) mass is 309 g/mol. The molecule has 1 saturated heterocycles. The number of benzene rings is 1. The van der Waals surface area contributed by atoms with Crippen LogP contribution in [-0.4, -0.2) is 41.4 Å². The summed E-state index contributed by atoms with van der Waals surface area (Å²) in [7, 11) is 0. The van der Waals surface area contributed by atoms with Crippen molar-refractivity contribution in [3.8, 4) is 0 Å². The van der Waals surface area contributed by atoms with E-state index in [0.717, 1.165) is 26.1 Å². The maximum absolute atomic E-state index is 9.10. The smallest absolute Gasteiger partial charge is 0.414 e. The summed E-state index contributed by atoms with van der Waals surface area (Å²) in [5.74, 6) is -3.65. The molecule has 3 N–H and O–H groups in total. The van der Waals surface area contributed by atoms with Gasteiger partial charge in [-0.25, -0.2) is 9.59 Å². The van der Waals surface area contributed by atoms with Crippen LogP contribution < -0.4 is 5.32 Å². The average molecular weight is 309 g/mol. The molecule has 0 amide bonds. The summed E-state index contributed by atoms with van der Waals surface area (Å²) in [5.41, 5.74) is 2.76. The third kappa shape index (κ3) is 7.19. The lowest BCUT2D eigenvalue weighted by molar-refractivity contribution is -0.159. The van der Waals surface area contributed by atoms with E-state index in [4.69, 9.17) is 24.5 Å². The molecule has 6 heteroatoms. The molecule has 1 fully saturated rings. The van der Waals surface area contributed by atoms with E-state index in [0.29, 0.717) is 6.10 Å². The first kappa shape index (κ1) is 18.1. The van der Waals surface area contributed by atoms with Gasteiger partial charge >= 0.3 is 11.9 Å². The lowest BCUT2D eigenvalue weighted by atomic mass is 10.1. The Balaban J connectivity index is 0.000000346. The highest BCUT2D eigenvalue weighted by Gasteiger charge is 2.14. The van der Waals surface area contributed by atoms with Gasteiger partial charge in [-0.15, -0.1) is 0 Å². The summed E-state index contributed by atoms with van der Waals surface area (Å²) < 4.78 is 5.56. The number of hydrogen-bond acceptors (Lipinski definition) is 4. The number of carboxylic acids is 2. The van der Waals surface area contributed by atoms with Crippen molar-refractivity contribution in [1.82, 2.24) is 5.32 Å². The quantitative estimate of drug-likeness (QED) is 0.716. The molecule has 1 heterocycles. The minimum Gasteiger partial charge on any atom is -0.473 e. The molecule has 0 bridgehead atoms. The van der Waals surface area contributed by atoms with E-state index in [-0.39, 0.29) is 0 Å². The van der Waals surface area contributed by atoms with Gasteiger partial charge < -0.3 is 20.3 Å². The van der Waals surface area contributed by atoms with Gasteiger partial charge in [0.25, 0.3) is 0 Å². The zero-order valence-electron chi connectivity index (χ0n) is 12.7. The van der Waals surface area contributed by atoms with Gasteiger partial charge in [0.1, 0.15) is 0 Å². The number of hydrogen-bond donors (Lipinski definition) is 3. The molecule has 1 aliphatic rings. The van der Waals surface area contributed by atoms with Crippen molar-refractivity contribution in [1.29, 1.82) is 0 Å². The molecule has 1 aromatic carbocycles. The van der Waals surface area contributed by atoms with E-state index in [1.807, 2.05) is 0 Å². The summed E-state index contributed by atoms with van der Waals surface area (Å²) in [4.78, 5) is 18.2. The minimum absolute atomic E-state index is 0.440. The summed E-state index contributed by atoms with van der Waals surface area (Å²) >= 11 is 0. The van der Waals surface area contributed by atoms with Crippen LogP contribution in [0.1, 0.15) is 30.9 Å². The summed E-state index contributed by atoms with van der Waals surface area (Å²) in [6.45, 7) is 5.06. The number of ether oxygens (including phenoxy) is 1. The molecule has 22 heavy (non-hydrogen) atoms. The molecular weight excluding hydrogens is 286 g/mol. The van der Waals surface area contributed by atoms with Crippen molar-refractivity contribution in [3.63, 3.8) is 0 Å². The zero-order valence-corrected chi connectivity index (χ0v) is 12.7. The SMILES string of the molecule is CCc1ccc(CNCC2CCCO2)cc1.O=C(O)C(=O)O. The van der Waals surface area contributed by atoms with Gasteiger partial charge in [-0.05, 0) is 30.4 Å². The topological polar surface area (TPSA) is 95.9 Å². The molecule has 0 saturated carbocycles. The fourth-order valence-electron chi connectivity index (χ4n) is 2.08. The van der Waals surface area contributed by atoms with Crippen molar-refractivity contribution < 1.29 is 24.5 Å². The van der Waals surface area contributed by atoms with E-state index in [1.165, 1.54) is 24.0 Å². The van der Waals surface area contributed by atoms with E-state index >= 15 is 0 Å². The van der Waals surface area contributed by atoms with Crippen molar-refractivity contribution in [2.45, 2.75) is 38.8 Å². The molecule has 0 aromatic heterocycles. The van der Waals surface area contributed by atoms with Crippen LogP contribution in [0, 0.1) is 0 Å². The summed E-state index contributed by atoms with van der Waals surface area (Å²) in [6.07, 6.45) is 3.98. The highest BCUT2D eigenvalue weighted by atomic mass is 16.5. The van der Waals surface area contributed by atoms with Crippen LogP contribution in [0.25, 0.3) is 0 Å². The van der Waals surface area contributed by atoms with Crippen LogP contribution >= 0.6 is 0 Å². The van der Waals surface area contributed by atoms with Gasteiger partial charge in [0.15, 0.2) is 0 Å². The van der Waals surface area contributed by atoms with Gasteiger partial charge in [0.05, 0.1) is 6.10 Å². The van der Waals surface area contributed by atoms with Crippen molar-refractivity contribution in [3.05, 3.63) is 35.4 Å². The Kier molecular flexibility index (Phi) is 8.17. The maximum Gasteiger partial charge on any atom is 0.414 e. The number of aryl methyl sites for hydroxylation is 1. The fraction of sp³-hybridized carbons (Fsp3) is 0.500. The number of rotatable bonds is 5. The van der Waals surface area contributed by atoms with Crippen LogP contribution in [0.2, 0.25) is 0 Å². The third-order valence-corrected chi connectivity index (χ3v) is 3.34. The van der Waals surface area contributed by atoms with E-state index in [1.54, 1.807) is 0 Å². The van der Waals surface area contributed by atoms with E-state index < -0.39 is 11.9 Å². The van der Waals surface area contributed by atoms with Gasteiger partial charge in [0.2, 0.25) is 0 Å². The van der Waals surface area contributed by atoms with Gasteiger partial charge in [0, 0.05) is 19.7 Å². The maximum atomic E-state index is 9.10. The Morgan fingerprint density at radius 2 is 1.77 bits per heavy atom. The molecule has 2 rings (SSSR count). The largest absolute Gasteiger partial charge is 0.473 e. The number of aliphatic carboxylic acids is 2. The second-order valence-electron chi connectivity index (χ2n) is 5.05. The van der Waals surface area contributed by atoms with Crippen LogP contribution in [0.3, 0.4) is 0 Å². The summed E-state index contributed by atoms with van der Waals surface area (Å²) in [6, 6.07) is 8.84. The van der Waals surface area contributed by atoms with Gasteiger partial charge in [-0.2, -0.15) is 0 Å². The van der Waals surface area contributed by atoms with Crippen LogP contribution in [-0.2, 0) is 27.3 Å². The molecular formula is C16H23NO5. The molecule has 0 aliphatic carbocycles. The Morgan fingerprint density at radius 1 is 1.18 bits per heavy atom. The van der Waals surface area contributed by atoms with E-state index in [2.05, 4.69) is 36.5 Å². The fourth-order valence-corrected chi connectivity index (χ4v) is 2.08. The molecule has 122 valence electrons. The lowest BCUT2D eigenvalue weighted by Crippen LogP contribution is -2.25. The summed E-state index contributed by atoms with van der Waals surface area (Å²) in [5, 5.41) is 18.2. The number of nitrogens with one attached hydrogen (secondary N) is 1. The number of carbonyl (C=O) groups is 2. The van der Waals surface area contributed by atoms with Crippen LogP contribution in [0.5, 0.6) is 0 Å². The lowest BCUT2D eigenvalue weighted by Gasteiger charge is -2.10. The predicted molar refractivity (Wildman–Crippen MR) is 81.8 cm³/mol. The molecule has 1 aliphatic heterocycles. The second-order valence-corrected chi connectivity index (χ2v) is 5.05. The Hall–Kier alpha value is -1.92. The first-order valence-corrected chi connectivity index (χ1v) is 7.39. The Labute approximate surface area is 130 Å². The highest BCUT2D eigenvalue weighted by molar-refractivity contribution is 6.27. The molecule has 6 nitrogen and oxygen atoms in total. The minimum atomic E-state index is -1.82. The van der Waals surface area contributed by atoms with Crippen LogP contribution in [0.4, 0.5) is 0 Å². The number of carboxylic acid groups (broad SMARTS) is 2. The van der Waals surface area contributed by atoms with Crippen molar-refractivity contribution in [2.24, 2.45) is 0 Å². The molecule has 1 aromatic rings. The average Bonchev–Trinajstić information content (AvgIpc) is 3.02. The molecule has 1 unspecified atom stereocenters. The van der Waals surface area contributed by atoms with Gasteiger partial charge in [-0.3, -0.25) is 0 Å². The van der Waals surface area contributed by atoms with Crippen molar-refractivity contribution >= 4 is 11.9 Å². The first-order valence-electron chi connectivity index (χ1n) is 7.39. The predicted octanol–water partition coefficient (Wildman–Crippen LogP) is 1.67. The zero-order chi connectivity index (χ0) is 16.4. The van der Waals surface area contributed by atoms with Crippen molar-refractivity contribution in [2.75, 3.05) is 13.2 Å². The van der Waals surface area contributed by atoms with Gasteiger partial charge in [-0.1, -0.05) is 31.2 Å². The standard InChI is InChI=1S/C14H21NO.C2H2O4/c1-2-12-5-7-13(8-6-12)10-15-11-14-4-3-9-16-14;3-1(4)2(5)6/h5-8,14-15H,2-4,9-11H2,1H3;(H,3,4)(H,5,6). The highest BCUT2D eigenvalue weighted by Crippen LogP contribution is 2.11. The van der Waals surface area contributed by atoms with Crippen LogP contribution in [0.15, 0.2) is 24.3 Å². The molecule has 0 spiro atoms. The molecule has 0 radical (unpaired) electrons. The normalized spacial score (nSPS) is 16.7. The van der Waals surface area contributed by atoms with E-state index in [9.17, 15) is 0 Å². The Bertz CT molecular complexity index is 454. The molecule has 1 atom stereocenters. The Morgan fingerprint density at radius 3 is 2.23 bits per heavy atom. The second kappa shape index (κ2) is 9.92. The third-order valence-electron chi connectivity index (χ3n) is 3.34. The first-order chi connectivity index (χ1) is 10.5.